The lowest BCUT2D eigenvalue weighted by Gasteiger charge is -2.40. The number of benzene rings is 2. The maximum absolute atomic E-state index is 14.8. The minimum Gasteiger partial charge on any atom is -0.394 e. The van der Waals surface area contributed by atoms with E-state index in [1.165, 1.54) is 9.80 Å². The van der Waals surface area contributed by atoms with E-state index in [1.807, 2.05) is 44.2 Å². The third kappa shape index (κ3) is 5.14. The van der Waals surface area contributed by atoms with Crippen molar-refractivity contribution in [2.45, 2.75) is 48.9 Å². The SMILES string of the molecule is C=CCN(C(=O)[C@H]1[C@@H]2OC3(CC2Br)C(C(=O)N(CC=C)c2ccccc2Cl)N([C@@H](CO)C(C)C)C(=O)[C@H]13)c1ccccc1. The predicted octanol–water partition coefficient (Wildman–Crippen LogP) is 4.84. The summed E-state index contributed by atoms with van der Waals surface area (Å²) in [5.41, 5.74) is -0.146. The standard InChI is InChI=1S/C33H37BrClN3O5/c1-5-16-36(21-12-8-7-9-13-21)30(40)26-27-31(41)38(25(19-39)20(3)4)29(33(27)18-22(34)28(26)43-33)32(42)37(17-6-2)24-15-11-10-14-23(24)35/h5-15,20,22,25-29,39H,1-2,16-19H2,3-4H3/t22?,25-,26+,27-,28+,29?,33?/m0/s1. The smallest absolute Gasteiger partial charge is 0.253 e. The molecule has 0 aliphatic carbocycles. The maximum Gasteiger partial charge on any atom is 0.253 e. The number of aliphatic hydroxyl groups excluding tert-OH is 1. The summed E-state index contributed by atoms with van der Waals surface area (Å²) in [5, 5.41) is 10.9. The summed E-state index contributed by atoms with van der Waals surface area (Å²) >= 11 is 10.3. The van der Waals surface area contributed by atoms with Gasteiger partial charge in [0.25, 0.3) is 5.91 Å². The molecule has 3 heterocycles. The highest BCUT2D eigenvalue weighted by molar-refractivity contribution is 9.09. The molecule has 1 spiro atoms. The molecule has 3 amide bonds. The molecule has 5 rings (SSSR count). The number of carbonyl (C=O) groups excluding carboxylic acids is 3. The molecule has 0 aromatic heterocycles. The molecule has 2 aromatic rings. The molecule has 10 heteroatoms. The molecule has 43 heavy (non-hydrogen) atoms. The van der Waals surface area contributed by atoms with E-state index in [1.54, 1.807) is 41.3 Å². The Kier molecular flexibility index (Phi) is 9.18. The van der Waals surface area contributed by atoms with Gasteiger partial charge in [-0.3, -0.25) is 14.4 Å². The van der Waals surface area contributed by atoms with Crippen LogP contribution in [0.5, 0.6) is 0 Å². The minimum absolute atomic E-state index is 0.137. The number of fused-ring (bicyclic) bond motifs is 1. The van der Waals surface area contributed by atoms with Gasteiger partial charge in [0.05, 0.1) is 41.3 Å². The fraction of sp³-hybridized carbons (Fsp3) is 0.424. The molecule has 0 radical (unpaired) electrons. The van der Waals surface area contributed by atoms with Crippen LogP contribution in [-0.2, 0) is 19.1 Å². The summed E-state index contributed by atoms with van der Waals surface area (Å²) in [6.45, 7) is 11.5. The molecule has 1 N–H and O–H groups in total. The van der Waals surface area contributed by atoms with Gasteiger partial charge in [0.15, 0.2) is 0 Å². The number of halogens is 2. The van der Waals surface area contributed by atoms with Crippen LogP contribution in [0.15, 0.2) is 79.9 Å². The van der Waals surface area contributed by atoms with E-state index in [9.17, 15) is 19.5 Å². The van der Waals surface area contributed by atoms with Gasteiger partial charge in [-0.1, -0.05) is 83.9 Å². The maximum atomic E-state index is 14.8. The van der Waals surface area contributed by atoms with Crippen molar-refractivity contribution in [3.05, 3.63) is 84.9 Å². The summed E-state index contributed by atoms with van der Waals surface area (Å²) in [4.78, 5) is 48.2. The van der Waals surface area contributed by atoms with Crippen LogP contribution in [0.25, 0.3) is 0 Å². The van der Waals surface area contributed by atoms with Crippen molar-refractivity contribution < 1.29 is 24.2 Å². The summed E-state index contributed by atoms with van der Waals surface area (Å²) in [6, 6.07) is 14.5. The normalized spacial score (nSPS) is 28.1. The van der Waals surface area contributed by atoms with Crippen molar-refractivity contribution >= 4 is 56.6 Å². The first-order valence-corrected chi connectivity index (χ1v) is 15.8. The molecule has 3 saturated heterocycles. The van der Waals surface area contributed by atoms with Gasteiger partial charge in [-0.2, -0.15) is 0 Å². The van der Waals surface area contributed by atoms with Crippen LogP contribution in [0, 0.1) is 17.8 Å². The van der Waals surface area contributed by atoms with Crippen molar-refractivity contribution in [1.82, 2.24) is 4.90 Å². The molecule has 228 valence electrons. The number of carbonyl (C=O) groups is 3. The van der Waals surface area contributed by atoms with Crippen molar-refractivity contribution in [2.24, 2.45) is 17.8 Å². The summed E-state index contributed by atoms with van der Waals surface area (Å²) < 4.78 is 6.73. The lowest BCUT2D eigenvalue weighted by molar-refractivity contribution is -0.145. The lowest BCUT2D eigenvalue weighted by Crippen LogP contribution is -2.60. The van der Waals surface area contributed by atoms with E-state index in [2.05, 4.69) is 29.1 Å². The van der Waals surface area contributed by atoms with Crippen LogP contribution >= 0.6 is 27.5 Å². The van der Waals surface area contributed by atoms with Gasteiger partial charge in [-0.25, -0.2) is 0 Å². The fourth-order valence-electron chi connectivity index (χ4n) is 7.10. The number of hydrogen-bond donors (Lipinski definition) is 1. The highest BCUT2D eigenvalue weighted by Crippen LogP contribution is 2.61. The number of likely N-dealkylation sites (tertiary alicyclic amines) is 1. The molecule has 7 atom stereocenters. The average Bonchev–Trinajstić information content (AvgIpc) is 3.58. The van der Waals surface area contributed by atoms with Crippen LogP contribution < -0.4 is 9.80 Å². The van der Waals surface area contributed by atoms with Crippen LogP contribution in [0.1, 0.15) is 20.3 Å². The Morgan fingerprint density at radius 1 is 1.09 bits per heavy atom. The van der Waals surface area contributed by atoms with Gasteiger partial charge >= 0.3 is 0 Å². The average molecular weight is 671 g/mol. The summed E-state index contributed by atoms with van der Waals surface area (Å²) in [6.07, 6.45) is 2.96. The van der Waals surface area contributed by atoms with E-state index >= 15 is 0 Å². The first kappa shape index (κ1) is 31.4. The molecular weight excluding hydrogens is 634 g/mol. The fourth-order valence-corrected chi connectivity index (χ4v) is 8.28. The Morgan fingerprint density at radius 3 is 2.33 bits per heavy atom. The molecule has 2 bridgehead atoms. The first-order chi connectivity index (χ1) is 20.6. The third-order valence-electron chi connectivity index (χ3n) is 8.93. The Bertz CT molecular complexity index is 1410. The summed E-state index contributed by atoms with van der Waals surface area (Å²) in [5.74, 6) is -3.00. The second-order valence-electron chi connectivity index (χ2n) is 11.7. The number of ether oxygens (including phenoxy) is 1. The van der Waals surface area contributed by atoms with Gasteiger partial charge in [0.1, 0.15) is 11.6 Å². The third-order valence-corrected chi connectivity index (χ3v) is 10.1. The quantitative estimate of drug-likeness (QED) is 0.273. The van der Waals surface area contributed by atoms with Crippen LogP contribution in [-0.4, -0.2) is 76.0 Å². The number of nitrogens with zero attached hydrogens (tertiary/aromatic N) is 3. The highest BCUT2D eigenvalue weighted by Gasteiger charge is 2.77. The Hall–Kier alpha value is -2.98. The van der Waals surface area contributed by atoms with Crippen molar-refractivity contribution in [3.8, 4) is 0 Å². The summed E-state index contributed by atoms with van der Waals surface area (Å²) in [7, 11) is 0. The lowest BCUT2D eigenvalue weighted by atomic mass is 9.70. The van der Waals surface area contributed by atoms with E-state index in [0.717, 1.165) is 0 Å². The number of para-hydroxylation sites is 2. The van der Waals surface area contributed by atoms with Crippen molar-refractivity contribution in [1.29, 1.82) is 0 Å². The van der Waals surface area contributed by atoms with Crippen LogP contribution in [0.3, 0.4) is 0 Å². The van der Waals surface area contributed by atoms with Gasteiger partial charge in [0.2, 0.25) is 11.8 Å². The van der Waals surface area contributed by atoms with E-state index in [0.29, 0.717) is 22.8 Å². The molecule has 3 aliphatic heterocycles. The minimum atomic E-state index is -1.30. The number of alkyl halides is 1. The van der Waals surface area contributed by atoms with Gasteiger partial charge < -0.3 is 24.5 Å². The Balaban J connectivity index is 1.65. The second-order valence-corrected chi connectivity index (χ2v) is 13.2. The number of rotatable bonds is 11. The molecule has 3 fully saturated rings. The number of amides is 3. The van der Waals surface area contributed by atoms with E-state index < -0.39 is 41.5 Å². The van der Waals surface area contributed by atoms with Gasteiger partial charge in [-0.15, -0.1) is 13.2 Å². The van der Waals surface area contributed by atoms with Gasteiger partial charge in [0, 0.05) is 23.6 Å². The molecule has 8 nitrogen and oxygen atoms in total. The highest BCUT2D eigenvalue weighted by atomic mass is 79.9. The van der Waals surface area contributed by atoms with Crippen molar-refractivity contribution in [3.63, 3.8) is 0 Å². The Morgan fingerprint density at radius 2 is 1.72 bits per heavy atom. The van der Waals surface area contributed by atoms with Crippen molar-refractivity contribution in [2.75, 3.05) is 29.5 Å². The number of aliphatic hydroxyl groups is 1. The Labute approximate surface area is 266 Å². The molecule has 0 saturated carbocycles. The topological polar surface area (TPSA) is 90.4 Å². The molecule has 3 unspecified atom stereocenters. The van der Waals surface area contributed by atoms with Crippen LogP contribution in [0.4, 0.5) is 11.4 Å². The van der Waals surface area contributed by atoms with Gasteiger partial charge in [-0.05, 0) is 36.6 Å². The predicted molar refractivity (Wildman–Crippen MR) is 171 cm³/mol. The van der Waals surface area contributed by atoms with E-state index in [-0.39, 0.29) is 42.3 Å². The molecular formula is C33H37BrClN3O5. The molecule has 2 aromatic carbocycles. The largest absolute Gasteiger partial charge is 0.394 e. The zero-order chi connectivity index (χ0) is 31.1. The zero-order valence-electron chi connectivity index (χ0n) is 24.3. The second kappa shape index (κ2) is 12.6. The van der Waals surface area contributed by atoms with E-state index in [4.69, 9.17) is 16.3 Å². The zero-order valence-corrected chi connectivity index (χ0v) is 26.7. The number of hydrogen-bond acceptors (Lipinski definition) is 5. The first-order valence-electron chi connectivity index (χ1n) is 14.5. The molecule has 3 aliphatic rings. The number of anilines is 2. The monoisotopic (exact) mass is 669 g/mol. The van der Waals surface area contributed by atoms with Crippen LogP contribution in [0.2, 0.25) is 5.02 Å².